The van der Waals surface area contributed by atoms with E-state index < -0.39 is 0 Å². The van der Waals surface area contributed by atoms with Crippen LogP contribution in [-0.4, -0.2) is 19.3 Å². The average Bonchev–Trinajstić information content (AvgIpc) is 2.49. The molecule has 0 aliphatic carbocycles. The van der Waals surface area contributed by atoms with Gasteiger partial charge >= 0.3 is 0 Å². The Morgan fingerprint density at radius 1 is 1.23 bits per heavy atom. The molecule has 0 spiro atoms. The highest BCUT2D eigenvalue weighted by Gasteiger charge is 2.14. The van der Waals surface area contributed by atoms with Crippen LogP contribution >= 0.6 is 0 Å². The Morgan fingerprint density at radius 3 is 2.36 bits per heavy atom. The zero-order valence-electron chi connectivity index (χ0n) is 14.6. The van der Waals surface area contributed by atoms with Gasteiger partial charge in [-0.15, -0.1) is 0 Å². The van der Waals surface area contributed by atoms with Gasteiger partial charge in [0.2, 0.25) is 0 Å². The largest absolute Gasteiger partial charge is 0.433 e. The van der Waals surface area contributed by atoms with E-state index in [0.717, 1.165) is 18.4 Å². The smallest absolute Gasteiger partial charge is 0.298 e. The van der Waals surface area contributed by atoms with E-state index in [0.29, 0.717) is 17.8 Å². The van der Waals surface area contributed by atoms with Gasteiger partial charge in [0.25, 0.3) is 6.47 Å². The standard InChI is InChI=1S/C18H29NO3/c1-13(2)18(21)16(5)15(4)11-17(22-12-20)14(3)9-7-8-10-19-6/h8,10-14,19H,7,9H2,1-6H3/b10-8+,16-15+,17-11-. The van der Waals surface area contributed by atoms with Crippen molar-refractivity contribution in [2.45, 2.75) is 47.5 Å². The maximum atomic E-state index is 12.0. The van der Waals surface area contributed by atoms with Crippen LogP contribution in [0.5, 0.6) is 0 Å². The highest BCUT2D eigenvalue weighted by atomic mass is 16.5. The molecule has 0 aliphatic rings. The van der Waals surface area contributed by atoms with Gasteiger partial charge in [-0.2, -0.15) is 0 Å². The molecule has 0 aliphatic heterocycles. The van der Waals surface area contributed by atoms with Crippen LogP contribution in [-0.2, 0) is 14.3 Å². The minimum Gasteiger partial charge on any atom is -0.433 e. The van der Waals surface area contributed by atoms with Gasteiger partial charge < -0.3 is 10.1 Å². The Bertz CT molecular complexity index is 459. The van der Waals surface area contributed by atoms with Gasteiger partial charge in [0.15, 0.2) is 5.78 Å². The molecule has 0 aromatic carbocycles. The number of nitrogens with one attached hydrogen (secondary N) is 1. The van der Waals surface area contributed by atoms with Gasteiger partial charge in [0.05, 0.1) is 0 Å². The maximum Gasteiger partial charge on any atom is 0.298 e. The number of hydrogen-bond donors (Lipinski definition) is 1. The molecule has 0 radical (unpaired) electrons. The Hall–Kier alpha value is -1.84. The third-order valence-electron chi connectivity index (χ3n) is 3.57. The number of ketones is 1. The van der Waals surface area contributed by atoms with E-state index in [9.17, 15) is 9.59 Å². The quantitative estimate of drug-likeness (QED) is 0.289. The third kappa shape index (κ3) is 7.25. The first kappa shape index (κ1) is 20.2. The molecule has 0 fully saturated rings. The van der Waals surface area contributed by atoms with Crippen molar-refractivity contribution in [1.82, 2.24) is 5.32 Å². The SMILES string of the molecule is CN/C=C/CCC(C)/C(=C/C(C)=C(\C)C(=O)C(C)C)OC=O. The molecule has 4 heteroatoms. The van der Waals surface area contributed by atoms with Crippen LogP contribution in [0, 0.1) is 11.8 Å². The molecule has 124 valence electrons. The molecule has 0 rings (SSSR count). The predicted molar refractivity (Wildman–Crippen MR) is 90.0 cm³/mol. The van der Waals surface area contributed by atoms with Crippen LogP contribution in [0.15, 0.2) is 35.3 Å². The Kier molecular flexibility index (Phi) is 9.92. The van der Waals surface area contributed by atoms with E-state index in [1.807, 2.05) is 53.9 Å². The molecule has 0 aromatic heterocycles. The zero-order chi connectivity index (χ0) is 17.1. The van der Waals surface area contributed by atoms with Gasteiger partial charge in [-0.25, -0.2) is 0 Å². The molecule has 0 saturated heterocycles. The number of carbonyl (C=O) groups is 2. The molecule has 0 heterocycles. The summed E-state index contributed by atoms with van der Waals surface area (Å²) in [7, 11) is 1.85. The van der Waals surface area contributed by atoms with E-state index in [2.05, 4.69) is 5.32 Å². The Balaban J connectivity index is 5.13. The molecule has 0 saturated carbocycles. The summed E-state index contributed by atoms with van der Waals surface area (Å²) >= 11 is 0. The molecule has 0 bridgehead atoms. The molecule has 0 aromatic rings. The number of ether oxygens (including phenoxy) is 1. The van der Waals surface area contributed by atoms with Crippen LogP contribution in [0.3, 0.4) is 0 Å². The fourth-order valence-corrected chi connectivity index (χ4v) is 1.99. The zero-order valence-corrected chi connectivity index (χ0v) is 14.6. The van der Waals surface area contributed by atoms with Gasteiger partial charge in [0.1, 0.15) is 5.76 Å². The lowest BCUT2D eigenvalue weighted by atomic mass is 9.96. The summed E-state index contributed by atoms with van der Waals surface area (Å²) in [5, 5.41) is 2.94. The normalized spacial score (nSPS) is 14.8. The lowest BCUT2D eigenvalue weighted by molar-refractivity contribution is -0.125. The summed E-state index contributed by atoms with van der Waals surface area (Å²) in [6, 6.07) is 0. The second kappa shape index (κ2) is 10.8. The topological polar surface area (TPSA) is 55.4 Å². The number of carbonyl (C=O) groups excluding carboxylic acids is 2. The second-order valence-electron chi connectivity index (χ2n) is 5.76. The lowest BCUT2D eigenvalue weighted by Gasteiger charge is -2.14. The second-order valence-corrected chi connectivity index (χ2v) is 5.76. The summed E-state index contributed by atoms with van der Waals surface area (Å²) in [4.78, 5) is 22.7. The minimum atomic E-state index is -0.0390. The van der Waals surface area contributed by atoms with Crippen LogP contribution in [0.1, 0.15) is 47.5 Å². The maximum absolute atomic E-state index is 12.0. The van der Waals surface area contributed by atoms with Crippen molar-refractivity contribution in [2.75, 3.05) is 7.05 Å². The highest BCUT2D eigenvalue weighted by Crippen LogP contribution is 2.21. The summed E-state index contributed by atoms with van der Waals surface area (Å²) < 4.78 is 5.12. The van der Waals surface area contributed by atoms with E-state index in [1.54, 1.807) is 6.08 Å². The number of rotatable bonds is 10. The van der Waals surface area contributed by atoms with E-state index in [-0.39, 0.29) is 17.6 Å². The first-order chi connectivity index (χ1) is 10.3. The van der Waals surface area contributed by atoms with E-state index in [1.165, 1.54) is 0 Å². The lowest BCUT2D eigenvalue weighted by Crippen LogP contribution is -2.10. The monoisotopic (exact) mass is 307 g/mol. The molecule has 1 unspecified atom stereocenters. The van der Waals surface area contributed by atoms with Gasteiger partial charge in [-0.1, -0.05) is 26.8 Å². The van der Waals surface area contributed by atoms with E-state index in [4.69, 9.17) is 4.74 Å². The molecule has 4 nitrogen and oxygen atoms in total. The Morgan fingerprint density at radius 2 is 1.86 bits per heavy atom. The number of hydrogen-bond acceptors (Lipinski definition) is 4. The van der Waals surface area contributed by atoms with Gasteiger partial charge in [-0.05, 0) is 50.1 Å². The summed E-state index contributed by atoms with van der Waals surface area (Å²) in [5.74, 6) is 0.775. The molecule has 22 heavy (non-hydrogen) atoms. The molecular weight excluding hydrogens is 278 g/mol. The summed E-state index contributed by atoms with van der Waals surface area (Å²) in [6.07, 6.45) is 7.46. The fraction of sp³-hybridized carbons (Fsp3) is 0.556. The van der Waals surface area contributed by atoms with Crippen molar-refractivity contribution in [3.8, 4) is 0 Å². The highest BCUT2D eigenvalue weighted by molar-refractivity contribution is 5.97. The van der Waals surface area contributed by atoms with Crippen molar-refractivity contribution < 1.29 is 14.3 Å². The summed E-state index contributed by atoms with van der Waals surface area (Å²) in [5.41, 5.74) is 1.55. The molecular formula is C18H29NO3. The molecule has 0 amide bonds. The van der Waals surface area contributed by atoms with Crippen molar-refractivity contribution in [2.24, 2.45) is 11.8 Å². The molecule has 1 N–H and O–H groups in total. The van der Waals surface area contributed by atoms with Crippen LogP contribution in [0.4, 0.5) is 0 Å². The third-order valence-corrected chi connectivity index (χ3v) is 3.57. The van der Waals surface area contributed by atoms with Crippen LogP contribution in [0.2, 0.25) is 0 Å². The first-order valence-corrected chi connectivity index (χ1v) is 7.70. The van der Waals surface area contributed by atoms with Gasteiger partial charge in [-0.3, -0.25) is 9.59 Å². The van der Waals surface area contributed by atoms with E-state index >= 15 is 0 Å². The predicted octanol–water partition coefficient (Wildman–Crippen LogP) is 3.75. The van der Waals surface area contributed by atoms with Crippen molar-refractivity contribution in [3.63, 3.8) is 0 Å². The first-order valence-electron chi connectivity index (χ1n) is 7.70. The summed E-state index contributed by atoms with van der Waals surface area (Å²) in [6.45, 7) is 9.89. The Labute approximate surface area is 134 Å². The van der Waals surface area contributed by atoms with Crippen molar-refractivity contribution in [3.05, 3.63) is 35.3 Å². The van der Waals surface area contributed by atoms with Crippen molar-refractivity contribution in [1.29, 1.82) is 0 Å². The fourth-order valence-electron chi connectivity index (χ4n) is 1.99. The number of allylic oxidation sites excluding steroid dienone is 5. The number of Topliss-reactive ketones (excluding diaryl/α,β-unsaturated/α-hetero) is 1. The van der Waals surface area contributed by atoms with Crippen LogP contribution in [0.25, 0.3) is 0 Å². The molecule has 1 atom stereocenters. The van der Waals surface area contributed by atoms with Gasteiger partial charge in [0, 0.05) is 18.9 Å². The minimum absolute atomic E-state index is 0.0390. The van der Waals surface area contributed by atoms with Crippen molar-refractivity contribution >= 4 is 12.3 Å². The van der Waals surface area contributed by atoms with Crippen LogP contribution < -0.4 is 5.32 Å². The average molecular weight is 307 g/mol.